The number of aryl methyl sites for hydroxylation is 2. The monoisotopic (exact) mass is 198 g/mol. The van der Waals surface area contributed by atoms with Crippen molar-refractivity contribution < 1.29 is 9.90 Å². The molecule has 14 heavy (non-hydrogen) atoms. The first-order valence-electron chi connectivity index (χ1n) is 4.29. The molecule has 0 spiro atoms. The van der Waals surface area contributed by atoms with Crippen LogP contribution in [0.1, 0.15) is 12.2 Å². The van der Waals surface area contributed by atoms with E-state index in [1.54, 1.807) is 16.6 Å². The van der Waals surface area contributed by atoms with E-state index in [0.29, 0.717) is 18.2 Å². The number of carboxylic acids is 1. The Bertz CT molecular complexity index is 332. The van der Waals surface area contributed by atoms with Gasteiger partial charge in [0.25, 0.3) is 0 Å². The maximum Gasteiger partial charge on any atom is 0.303 e. The lowest BCUT2D eigenvalue weighted by atomic mass is 10.3. The summed E-state index contributed by atoms with van der Waals surface area (Å²) in [6, 6.07) is 0. The molecule has 1 aromatic heterocycles. The van der Waals surface area contributed by atoms with Crippen LogP contribution in [0.2, 0.25) is 0 Å². The van der Waals surface area contributed by atoms with Gasteiger partial charge in [-0.25, -0.2) is 0 Å². The van der Waals surface area contributed by atoms with Crippen molar-refractivity contribution in [1.82, 2.24) is 14.8 Å². The van der Waals surface area contributed by atoms with Gasteiger partial charge in [-0.3, -0.25) is 9.48 Å². The molecule has 1 N–H and O–H groups in total. The Morgan fingerprint density at radius 2 is 2.21 bits per heavy atom. The summed E-state index contributed by atoms with van der Waals surface area (Å²) in [6.07, 6.45) is 0.492. The number of carboxylic acid groups (broad SMARTS) is 1. The second kappa shape index (κ2) is 4.08. The summed E-state index contributed by atoms with van der Waals surface area (Å²) >= 11 is 0. The van der Waals surface area contributed by atoms with E-state index in [0.717, 1.165) is 0 Å². The van der Waals surface area contributed by atoms with Crippen LogP contribution >= 0.6 is 0 Å². The topological polar surface area (TPSA) is 71.2 Å². The first-order chi connectivity index (χ1) is 6.50. The number of hydrogen-bond acceptors (Lipinski definition) is 4. The molecule has 0 saturated carbocycles. The molecular weight excluding hydrogens is 184 g/mol. The Morgan fingerprint density at radius 3 is 2.64 bits per heavy atom. The third-order valence-electron chi connectivity index (χ3n) is 1.80. The summed E-state index contributed by atoms with van der Waals surface area (Å²) in [7, 11) is 5.45. The fourth-order valence-corrected chi connectivity index (χ4v) is 1.03. The van der Waals surface area contributed by atoms with Crippen molar-refractivity contribution in [2.45, 2.75) is 12.8 Å². The lowest BCUT2D eigenvalue weighted by Crippen LogP contribution is -2.10. The van der Waals surface area contributed by atoms with E-state index in [2.05, 4.69) is 10.1 Å². The number of aliphatic carboxylic acids is 1. The maximum atomic E-state index is 10.4. The largest absolute Gasteiger partial charge is 0.481 e. The predicted molar refractivity (Wildman–Crippen MR) is 51.3 cm³/mol. The zero-order valence-corrected chi connectivity index (χ0v) is 8.56. The molecule has 0 aliphatic carbocycles. The molecule has 0 amide bonds. The minimum absolute atomic E-state index is 0.0827. The van der Waals surface area contributed by atoms with Crippen molar-refractivity contribution in [2.24, 2.45) is 7.05 Å². The number of carbonyl (C=O) groups is 1. The zero-order valence-electron chi connectivity index (χ0n) is 8.56. The molecular formula is C8H14N4O2. The standard InChI is InChI=1S/C8H14N4O2/c1-11(2)8-9-6(12(3)10-8)4-5-7(13)14/h4-5H2,1-3H3,(H,13,14). The quantitative estimate of drug-likeness (QED) is 0.731. The molecule has 0 radical (unpaired) electrons. The number of anilines is 1. The Labute approximate surface area is 82.2 Å². The molecule has 0 fully saturated rings. The van der Waals surface area contributed by atoms with Gasteiger partial charge in [-0.2, -0.15) is 4.98 Å². The van der Waals surface area contributed by atoms with Crippen molar-refractivity contribution in [3.63, 3.8) is 0 Å². The van der Waals surface area contributed by atoms with Gasteiger partial charge in [-0.1, -0.05) is 0 Å². The molecule has 0 aliphatic heterocycles. The summed E-state index contributed by atoms with van der Waals surface area (Å²) in [5.74, 6) is 0.475. The first-order valence-corrected chi connectivity index (χ1v) is 4.29. The first kappa shape index (κ1) is 10.5. The minimum Gasteiger partial charge on any atom is -0.481 e. The summed E-state index contributed by atoms with van der Waals surface area (Å²) in [4.78, 5) is 16.3. The van der Waals surface area contributed by atoms with Crippen LogP contribution in [0.15, 0.2) is 0 Å². The molecule has 0 atom stereocenters. The lowest BCUT2D eigenvalue weighted by Gasteiger charge is -2.03. The highest BCUT2D eigenvalue weighted by molar-refractivity contribution is 5.66. The summed E-state index contributed by atoms with van der Waals surface area (Å²) in [5.41, 5.74) is 0. The van der Waals surface area contributed by atoms with E-state index < -0.39 is 5.97 Å². The fourth-order valence-electron chi connectivity index (χ4n) is 1.03. The summed E-state index contributed by atoms with van der Waals surface area (Å²) in [5, 5.41) is 12.6. The number of rotatable bonds is 4. The predicted octanol–water partition coefficient (Wildman–Crippen LogP) is -0.102. The highest BCUT2D eigenvalue weighted by Crippen LogP contribution is 2.06. The van der Waals surface area contributed by atoms with Crippen molar-refractivity contribution in [3.8, 4) is 0 Å². The van der Waals surface area contributed by atoms with Crippen LogP contribution in [-0.4, -0.2) is 39.9 Å². The van der Waals surface area contributed by atoms with Crippen molar-refractivity contribution in [3.05, 3.63) is 5.82 Å². The Hall–Kier alpha value is -1.59. The van der Waals surface area contributed by atoms with Crippen molar-refractivity contribution in [2.75, 3.05) is 19.0 Å². The van der Waals surface area contributed by atoms with Crippen LogP contribution < -0.4 is 4.90 Å². The van der Waals surface area contributed by atoms with Gasteiger partial charge in [0.05, 0.1) is 6.42 Å². The van der Waals surface area contributed by atoms with E-state index in [1.807, 2.05) is 14.1 Å². The zero-order chi connectivity index (χ0) is 10.7. The number of nitrogens with zero attached hydrogens (tertiary/aromatic N) is 4. The molecule has 78 valence electrons. The molecule has 6 heteroatoms. The van der Waals surface area contributed by atoms with Gasteiger partial charge in [0, 0.05) is 27.6 Å². The van der Waals surface area contributed by atoms with Gasteiger partial charge < -0.3 is 10.0 Å². The number of hydrogen-bond donors (Lipinski definition) is 1. The number of aromatic nitrogens is 3. The van der Waals surface area contributed by atoms with E-state index in [9.17, 15) is 4.79 Å². The molecule has 0 bridgehead atoms. The minimum atomic E-state index is -0.820. The molecule has 0 aromatic carbocycles. The van der Waals surface area contributed by atoms with Gasteiger partial charge in [-0.15, -0.1) is 5.10 Å². The van der Waals surface area contributed by atoms with Crippen LogP contribution in [0, 0.1) is 0 Å². The average Bonchev–Trinajstić information content (AvgIpc) is 2.43. The van der Waals surface area contributed by atoms with Gasteiger partial charge in [0.15, 0.2) is 0 Å². The third kappa shape index (κ3) is 2.45. The SMILES string of the molecule is CN(C)c1nc(CCC(=O)O)n(C)n1. The summed E-state index contributed by atoms with van der Waals surface area (Å²) < 4.78 is 1.61. The Kier molecular flexibility index (Phi) is 3.06. The highest BCUT2D eigenvalue weighted by atomic mass is 16.4. The van der Waals surface area contributed by atoms with Crippen molar-refractivity contribution >= 4 is 11.9 Å². The highest BCUT2D eigenvalue weighted by Gasteiger charge is 2.09. The van der Waals surface area contributed by atoms with Crippen LogP contribution in [-0.2, 0) is 18.3 Å². The maximum absolute atomic E-state index is 10.4. The molecule has 0 saturated heterocycles. The Morgan fingerprint density at radius 1 is 1.57 bits per heavy atom. The van der Waals surface area contributed by atoms with E-state index in [1.165, 1.54) is 0 Å². The molecule has 0 aliphatic rings. The molecule has 1 rings (SSSR count). The second-order valence-electron chi connectivity index (χ2n) is 3.24. The van der Waals surface area contributed by atoms with Crippen LogP contribution in [0.25, 0.3) is 0 Å². The smallest absolute Gasteiger partial charge is 0.303 e. The molecule has 1 heterocycles. The van der Waals surface area contributed by atoms with Gasteiger partial charge in [-0.05, 0) is 0 Å². The van der Waals surface area contributed by atoms with Crippen LogP contribution in [0.3, 0.4) is 0 Å². The van der Waals surface area contributed by atoms with E-state index in [4.69, 9.17) is 5.11 Å². The average molecular weight is 198 g/mol. The van der Waals surface area contributed by atoms with Crippen LogP contribution in [0.4, 0.5) is 5.95 Å². The van der Waals surface area contributed by atoms with Crippen molar-refractivity contribution in [1.29, 1.82) is 0 Å². The van der Waals surface area contributed by atoms with Gasteiger partial charge >= 0.3 is 5.97 Å². The van der Waals surface area contributed by atoms with E-state index in [-0.39, 0.29) is 6.42 Å². The second-order valence-corrected chi connectivity index (χ2v) is 3.24. The third-order valence-corrected chi connectivity index (χ3v) is 1.80. The Balaban J connectivity index is 2.72. The fraction of sp³-hybridized carbons (Fsp3) is 0.625. The lowest BCUT2D eigenvalue weighted by molar-refractivity contribution is -0.137. The normalized spacial score (nSPS) is 10.2. The molecule has 6 nitrogen and oxygen atoms in total. The van der Waals surface area contributed by atoms with Gasteiger partial charge in [0.2, 0.25) is 5.95 Å². The van der Waals surface area contributed by atoms with E-state index >= 15 is 0 Å². The molecule has 1 aromatic rings. The molecule has 0 unspecified atom stereocenters. The summed E-state index contributed by atoms with van der Waals surface area (Å²) in [6.45, 7) is 0. The van der Waals surface area contributed by atoms with Gasteiger partial charge in [0.1, 0.15) is 5.82 Å². The van der Waals surface area contributed by atoms with Crippen LogP contribution in [0.5, 0.6) is 0 Å².